The maximum absolute atomic E-state index is 12.3. The molecule has 92 valence electrons. The Morgan fingerprint density at radius 1 is 1.19 bits per heavy atom. The number of nitrogens with zero attached hydrogens (tertiary/aromatic N) is 1. The molecule has 0 aromatic carbocycles. The van der Waals surface area contributed by atoms with Gasteiger partial charge in [-0.05, 0) is 37.5 Å². The Morgan fingerprint density at radius 2 is 1.88 bits per heavy atom. The van der Waals surface area contributed by atoms with E-state index in [0.29, 0.717) is 24.4 Å². The molecule has 16 heavy (non-hydrogen) atoms. The lowest BCUT2D eigenvalue weighted by Crippen LogP contribution is -2.41. The maximum atomic E-state index is 12.3. The van der Waals surface area contributed by atoms with Gasteiger partial charge in [-0.3, -0.25) is 4.79 Å². The molecule has 0 radical (unpaired) electrons. The zero-order chi connectivity index (χ0) is 10.4. The molecule has 0 spiro atoms. The minimum atomic E-state index is 0. The van der Waals surface area contributed by atoms with Gasteiger partial charge < -0.3 is 10.6 Å². The zero-order valence-corrected chi connectivity index (χ0v) is 10.4. The molecule has 1 aliphatic heterocycles. The van der Waals surface area contributed by atoms with E-state index in [4.69, 9.17) is 5.73 Å². The number of hydrogen-bond donors (Lipinski definition) is 1. The molecule has 3 fully saturated rings. The van der Waals surface area contributed by atoms with Crippen molar-refractivity contribution >= 4 is 18.3 Å². The Bertz CT molecular complexity index is 274. The molecule has 2 N–H and O–H groups in total. The molecular formula is C12H21ClN2O. The Morgan fingerprint density at radius 3 is 2.50 bits per heavy atom. The summed E-state index contributed by atoms with van der Waals surface area (Å²) in [5.74, 6) is 2.32. The average Bonchev–Trinajstić information content (AvgIpc) is 2.72. The lowest BCUT2D eigenvalue weighted by molar-refractivity contribution is -0.134. The van der Waals surface area contributed by atoms with Crippen LogP contribution < -0.4 is 5.73 Å². The highest BCUT2D eigenvalue weighted by atomic mass is 35.5. The highest BCUT2D eigenvalue weighted by Gasteiger charge is 2.58. The summed E-state index contributed by atoms with van der Waals surface area (Å²) >= 11 is 0. The van der Waals surface area contributed by atoms with Gasteiger partial charge in [0.1, 0.15) is 0 Å². The van der Waals surface area contributed by atoms with Crippen LogP contribution in [-0.4, -0.2) is 29.9 Å². The Labute approximate surface area is 103 Å². The molecule has 3 unspecified atom stereocenters. The van der Waals surface area contributed by atoms with Crippen LogP contribution in [0.15, 0.2) is 0 Å². The lowest BCUT2D eigenvalue weighted by Gasteiger charge is -2.24. The fourth-order valence-corrected chi connectivity index (χ4v) is 3.75. The maximum Gasteiger partial charge on any atom is 0.226 e. The van der Waals surface area contributed by atoms with E-state index < -0.39 is 0 Å². The highest BCUT2D eigenvalue weighted by molar-refractivity contribution is 5.85. The minimum Gasteiger partial charge on any atom is -0.338 e. The van der Waals surface area contributed by atoms with E-state index in [2.05, 4.69) is 4.90 Å². The van der Waals surface area contributed by atoms with Crippen LogP contribution in [0, 0.1) is 17.8 Å². The second-order valence-corrected chi connectivity index (χ2v) is 5.35. The molecule has 2 saturated carbocycles. The van der Waals surface area contributed by atoms with Crippen molar-refractivity contribution in [3.05, 3.63) is 0 Å². The molecule has 1 saturated heterocycles. The molecule has 3 aliphatic rings. The van der Waals surface area contributed by atoms with E-state index in [-0.39, 0.29) is 12.4 Å². The molecule has 1 heterocycles. The van der Waals surface area contributed by atoms with E-state index in [1.54, 1.807) is 0 Å². The Balaban J connectivity index is 0.000000963. The molecule has 3 nitrogen and oxygen atoms in total. The normalized spacial score (nSPS) is 40.4. The molecule has 0 bridgehead atoms. The van der Waals surface area contributed by atoms with E-state index >= 15 is 0 Å². The average molecular weight is 245 g/mol. The standard InChI is InChI=1S/C12H20N2O.ClH/c13-7-8-3-2-6-14(8)12(15)11-9-4-1-5-10(9)11;/h8-11H,1-7,13H2;1H. The van der Waals surface area contributed by atoms with E-state index in [1.165, 1.54) is 19.3 Å². The number of carbonyl (C=O) groups excluding carboxylic acids is 1. The van der Waals surface area contributed by atoms with Crippen molar-refractivity contribution in [3.63, 3.8) is 0 Å². The second kappa shape index (κ2) is 4.53. The number of fused-ring (bicyclic) bond motifs is 1. The van der Waals surface area contributed by atoms with Gasteiger partial charge >= 0.3 is 0 Å². The summed E-state index contributed by atoms with van der Waals surface area (Å²) in [5.41, 5.74) is 5.70. The van der Waals surface area contributed by atoms with Crippen molar-refractivity contribution in [2.24, 2.45) is 23.5 Å². The molecule has 0 aromatic heterocycles. The van der Waals surface area contributed by atoms with Gasteiger partial charge in [0, 0.05) is 25.0 Å². The third-order valence-corrected chi connectivity index (χ3v) is 4.62. The van der Waals surface area contributed by atoms with Crippen molar-refractivity contribution in [1.29, 1.82) is 0 Å². The summed E-state index contributed by atoms with van der Waals surface area (Å²) in [6, 6.07) is 0.346. The van der Waals surface area contributed by atoms with Crippen molar-refractivity contribution in [2.75, 3.05) is 13.1 Å². The second-order valence-electron chi connectivity index (χ2n) is 5.35. The largest absolute Gasteiger partial charge is 0.338 e. The quantitative estimate of drug-likeness (QED) is 0.798. The molecular weight excluding hydrogens is 224 g/mol. The van der Waals surface area contributed by atoms with Gasteiger partial charge in [-0.15, -0.1) is 12.4 Å². The number of amides is 1. The molecule has 3 rings (SSSR count). The predicted molar refractivity (Wildman–Crippen MR) is 65.4 cm³/mol. The molecule has 0 aromatic rings. The van der Waals surface area contributed by atoms with Crippen LogP contribution in [0.25, 0.3) is 0 Å². The van der Waals surface area contributed by atoms with Crippen molar-refractivity contribution in [2.45, 2.75) is 38.1 Å². The van der Waals surface area contributed by atoms with E-state index in [0.717, 1.165) is 31.2 Å². The van der Waals surface area contributed by atoms with Crippen LogP contribution in [0.3, 0.4) is 0 Å². The SMILES string of the molecule is Cl.NCC1CCCN1C(=O)C1C2CCCC21. The van der Waals surface area contributed by atoms with E-state index in [1.807, 2.05) is 0 Å². The zero-order valence-electron chi connectivity index (χ0n) is 9.60. The van der Waals surface area contributed by atoms with Gasteiger partial charge in [0.25, 0.3) is 0 Å². The summed E-state index contributed by atoms with van der Waals surface area (Å²) in [6.07, 6.45) is 6.20. The summed E-state index contributed by atoms with van der Waals surface area (Å²) in [5, 5.41) is 0. The first-order valence-corrected chi connectivity index (χ1v) is 6.33. The summed E-state index contributed by atoms with van der Waals surface area (Å²) in [6.45, 7) is 1.60. The first kappa shape index (κ1) is 12.2. The number of rotatable bonds is 2. The first-order valence-electron chi connectivity index (χ1n) is 6.33. The number of likely N-dealkylation sites (tertiary alicyclic amines) is 1. The number of carbonyl (C=O) groups is 1. The summed E-state index contributed by atoms with van der Waals surface area (Å²) in [7, 11) is 0. The van der Waals surface area contributed by atoms with Gasteiger partial charge in [0.15, 0.2) is 0 Å². The summed E-state index contributed by atoms with van der Waals surface area (Å²) in [4.78, 5) is 14.3. The fourth-order valence-electron chi connectivity index (χ4n) is 3.75. The van der Waals surface area contributed by atoms with Crippen molar-refractivity contribution < 1.29 is 4.79 Å². The topological polar surface area (TPSA) is 46.3 Å². The minimum absolute atomic E-state index is 0. The van der Waals surface area contributed by atoms with Crippen molar-refractivity contribution in [3.8, 4) is 0 Å². The number of nitrogens with two attached hydrogens (primary N) is 1. The first-order chi connectivity index (χ1) is 7.33. The van der Waals surface area contributed by atoms with Crippen LogP contribution in [0.1, 0.15) is 32.1 Å². The predicted octanol–water partition coefficient (Wildman–Crippen LogP) is 1.40. The number of halogens is 1. The molecule has 4 heteroatoms. The van der Waals surface area contributed by atoms with Gasteiger partial charge in [0.05, 0.1) is 0 Å². The van der Waals surface area contributed by atoms with Crippen LogP contribution >= 0.6 is 12.4 Å². The third-order valence-electron chi connectivity index (χ3n) is 4.62. The van der Waals surface area contributed by atoms with Crippen molar-refractivity contribution in [1.82, 2.24) is 4.90 Å². The Kier molecular flexibility index (Phi) is 3.45. The van der Waals surface area contributed by atoms with Crippen LogP contribution in [0.4, 0.5) is 0 Å². The lowest BCUT2D eigenvalue weighted by atomic mass is 10.1. The Hall–Kier alpha value is -0.280. The molecule has 1 amide bonds. The van der Waals surface area contributed by atoms with Gasteiger partial charge in [-0.25, -0.2) is 0 Å². The van der Waals surface area contributed by atoms with Gasteiger partial charge in [0.2, 0.25) is 5.91 Å². The summed E-state index contributed by atoms with van der Waals surface area (Å²) < 4.78 is 0. The van der Waals surface area contributed by atoms with Crippen LogP contribution in [-0.2, 0) is 4.79 Å². The smallest absolute Gasteiger partial charge is 0.226 e. The fraction of sp³-hybridized carbons (Fsp3) is 0.917. The molecule has 2 aliphatic carbocycles. The van der Waals surface area contributed by atoms with Gasteiger partial charge in [-0.1, -0.05) is 6.42 Å². The third kappa shape index (κ3) is 1.74. The molecule has 3 atom stereocenters. The van der Waals surface area contributed by atoms with Gasteiger partial charge in [-0.2, -0.15) is 0 Å². The van der Waals surface area contributed by atoms with Crippen LogP contribution in [0.2, 0.25) is 0 Å². The van der Waals surface area contributed by atoms with Crippen LogP contribution in [0.5, 0.6) is 0 Å². The monoisotopic (exact) mass is 244 g/mol. The van der Waals surface area contributed by atoms with E-state index in [9.17, 15) is 4.79 Å². The number of hydrogen-bond acceptors (Lipinski definition) is 2. The highest BCUT2D eigenvalue weighted by Crippen LogP contribution is 2.58.